The number of carboxylic acid groups (broad SMARTS) is 1. The lowest BCUT2D eigenvalue weighted by molar-refractivity contribution is -0.144. The maximum Gasteiger partial charge on any atom is 0.411 e. The molecule has 18 heavy (non-hydrogen) atoms. The van der Waals surface area contributed by atoms with Crippen LogP contribution in [0.15, 0.2) is 0 Å². The number of aliphatic carboxylic acids is 1. The van der Waals surface area contributed by atoms with E-state index in [0.717, 1.165) is 19.3 Å². The Bertz CT molecular complexity index is 373. The molecule has 1 aliphatic heterocycles. The van der Waals surface area contributed by atoms with Gasteiger partial charge in [0.1, 0.15) is 11.6 Å². The molecule has 102 valence electrons. The number of carboxylic acids is 1. The van der Waals surface area contributed by atoms with E-state index in [1.807, 2.05) is 0 Å². The second kappa shape index (κ2) is 4.33. The molecule has 1 heterocycles. The zero-order valence-electron chi connectivity index (χ0n) is 10.9. The minimum atomic E-state index is -0.925. The number of nitrogens with zero attached hydrogens (tertiary/aromatic N) is 1. The van der Waals surface area contributed by atoms with Crippen molar-refractivity contribution < 1.29 is 19.4 Å². The lowest BCUT2D eigenvalue weighted by Gasteiger charge is -2.41. The van der Waals surface area contributed by atoms with Gasteiger partial charge in [-0.15, -0.1) is 11.8 Å². The number of rotatable bonds is 1. The third kappa shape index (κ3) is 2.30. The number of amides is 1. The van der Waals surface area contributed by atoms with Crippen molar-refractivity contribution in [3.8, 4) is 0 Å². The van der Waals surface area contributed by atoms with E-state index in [0.29, 0.717) is 5.88 Å². The van der Waals surface area contributed by atoms with E-state index in [1.54, 1.807) is 32.5 Å². The van der Waals surface area contributed by atoms with Crippen molar-refractivity contribution in [3.05, 3.63) is 0 Å². The highest BCUT2D eigenvalue weighted by atomic mass is 32.2. The molecular formula is C12H19NO4S. The van der Waals surface area contributed by atoms with Crippen LogP contribution in [0.3, 0.4) is 0 Å². The quantitative estimate of drug-likeness (QED) is 0.794. The molecule has 2 aliphatic rings. The molecule has 1 N–H and O–H groups in total. The molecule has 0 aromatic heterocycles. The van der Waals surface area contributed by atoms with Crippen LogP contribution in [-0.4, -0.2) is 44.3 Å². The van der Waals surface area contributed by atoms with E-state index in [1.165, 1.54) is 4.90 Å². The Morgan fingerprint density at radius 3 is 2.39 bits per heavy atom. The van der Waals surface area contributed by atoms with Crippen molar-refractivity contribution in [2.75, 3.05) is 5.88 Å². The van der Waals surface area contributed by atoms with E-state index in [4.69, 9.17) is 4.74 Å². The van der Waals surface area contributed by atoms with Crippen LogP contribution in [0.5, 0.6) is 0 Å². The van der Waals surface area contributed by atoms with Crippen LogP contribution in [-0.2, 0) is 9.53 Å². The van der Waals surface area contributed by atoms with Gasteiger partial charge in [-0.25, -0.2) is 9.59 Å². The third-order valence-corrected chi connectivity index (χ3v) is 4.98. The largest absolute Gasteiger partial charge is 0.480 e. The topological polar surface area (TPSA) is 66.8 Å². The van der Waals surface area contributed by atoms with Crippen LogP contribution in [0.2, 0.25) is 0 Å². The van der Waals surface area contributed by atoms with Crippen LogP contribution >= 0.6 is 11.8 Å². The lowest BCUT2D eigenvalue weighted by Crippen LogP contribution is -2.54. The van der Waals surface area contributed by atoms with E-state index < -0.39 is 23.7 Å². The van der Waals surface area contributed by atoms with Gasteiger partial charge in [0.15, 0.2) is 0 Å². The molecule has 0 bridgehead atoms. The molecular weight excluding hydrogens is 254 g/mol. The Labute approximate surface area is 111 Å². The van der Waals surface area contributed by atoms with Gasteiger partial charge in [0.2, 0.25) is 0 Å². The fourth-order valence-corrected chi connectivity index (χ4v) is 4.03. The van der Waals surface area contributed by atoms with Crippen LogP contribution in [0, 0.1) is 0 Å². The first-order valence-corrected chi connectivity index (χ1v) is 7.10. The monoisotopic (exact) mass is 273 g/mol. The Balaban J connectivity index is 2.13. The standard InChI is InChI=1S/C12H19NO4S/c1-11(2,3)17-10(16)13-7-18-12(5-4-6-12)8(13)9(14)15/h8H,4-7H2,1-3H3,(H,14,15)/t8-/m0/s1. The number of hydrogen-bond acceptors (Lipinski definition) is 4. The molecule has 5 nitrogen and oxygen atoms in total. The highest BCUT2D eigenvalue weighted by Crippen LogP contribution is 2.53. The van der Waals surface area contributed by atoms with Crippen LogP contribution < -0.4 is 0 Å². The Kier molecular flexibility index (Phi) is 3.25. The molecule has 1 aliphatic carbocycles. The Morgan fingerprint density at radius 1 is 1.39 bits per heavy atom. The number of hydrogen-bond donors (Lipinski definition) is 1. The zero-order chi connectivity index (χ0) is 13.6. The molecule has 1 saturated heterocycles. The molecule has 1 spiro atoms. The van der Waals surface area contributed by atoms with Gasteiger partial charge in [-0.05, 0) is 33.6 Å². The zero-order valence-corrected chi connectivity index (χ0v) is 11.7. The maximum atomic E-state index is 12.0. The van der Waals surface area contributed by atoms with Gasteiger partial charge in [0.05, 0.1) is 5.88 Å². The first-order chi connectivity index (χ1) is 8.25. The predicted octanol–water partition coefficient (Wildman–Crippen LogP) is 2.30. The summed E-state index contributed by atoms with van der Waals surface area (Å²) >= 11 is 1.57. The molecule has 0 aromatic rings. The van der Waals surface area contributed by atoms with E-state index in [2.05, 4.69) is 0 Å². The highest BCUT2D eigenvalue weighted by Gasteiger charge is 2.57. The highest BCUT2D eigenvalue weighted by molar-refractivity contribution is 8.01. The maximum absolute atomic E-state index is 12.0. The van der Waals surface area contributed by atoms with Crippen LogP contribution in [0.4, 0.5) is 4.79 Å². The van der Waals surface area contributed by atoms with Crippen LogP contribution in [0.25, 0.3) is 0 Å². The molecule has 2 rings (SSSR count). The fraction of sp³-hybridized carbons (Fsp3) is 0.833. The summed E-state index contributed by atoms with van der Waals surface area (Å²) in [4.78, 5) is 24.8. The van der Waals surface area contributed by atoms with Crippen LogP contribution in [0.1, 0.15) is 40.0 Å². The SMILES string of the molecule is CC(C)(C)OC(=O)N1CSC2(CCC2)[C@@H]1C(=O)O. The molecule has 0 aromatic carbocycles. The molecule has 0 radical (unpaired) electrons. The molecule has 0 unspecified atom stereocenters. The Morgan fingerprint density at radius 2 is 2.00 bits per heavy atom. The molecule has 2 fully saturated rings. The van der Waals surface area contributed by atoms with E-state index in [-0.39, 0.29) is 4.75 Å². The molecule has 1 amide bonds. The van der Waals surface area contributed by atoms with E-state index in [9.17, 15) is 14.7 Å². The lowest BCUT2D eigenvalue weighted by atomic mass is 9.78. The number of carbonyl (C=O) groups is 2. The van der Waals surface area contributed by atoms with Gasteiger partial charge in [0.25, 0.3) is 0 Å². The first kappa shape index (κ1) is 13.5. The molecule has 1 atom stereocenters. The van der Waals surface area contributed by atoms with Gasteiger partial charge in [0, 0.05) is 4.75 Å². The van der Waals surface area contributed by atoms with E-state index >= 15 is 0 Å². The van der Waals surface area contributed by atoms with Gasteiger partial charge in [-0.2, -0.15) is 0 Å². The number of thioether (sulfide) groups is 1. The summed E-state index contributed by atoms with van der Waals surface area (Å²) in [6.07, 6.45) is 2.26. The summed E-state index contributed by atoms with van der Waals surface area (Å²) in [6.45, 7) is 5.34. The summed E-state index contributed by atoms with van der Waals surface area (Å²) in [5.41, 5.74) is -0.597. The molecule has 1 saturated carbocycles. The van der Waals surface area contributed by atoms with Crippen molar-refractivity contribution in [1.29, 1.82) is 0 Å². The predicted molar refractivity (Wildman–Crippen MR) is 68.5 cm³/mol. The van der Waals surface area contributed by atoms with Gasteiger partial charge >= 0.3 is 12.1 Å². The first-order valence-electron chi connectivity index (χ1n) is 6.12. The normalized spacial score (nSPS) is 25.9. The second-order valence-corrected chi connectivity index (χ2v) is 7.24. The smallest absolute Gasteiger partial charge is 0.411 e. The summed E-state index contributed by atoms with van der Waals surface area (Å²) in [5.74, 6) is -0.517. The fourth-order valence-electron chi connectivity index (χ4n) is 2.42. The van der Waals surface area contributed by atoms with Crippen molar-refractivity contribution in [1.82, 2.24) is 4.90 Å². The summed E-state index contributed by atoms with van der Waals surface area (Å²) in [7, 11) is 0. The van der Waals surface area contributed by atoms with Crippen molar-refractivity contribution >= 4 is 23.8 Å². The van der Waals surface area contributed by atoms with Gasteiger partial charge < -0.3 is 9.84 Å². The van der Waals surface area contributed by atoms with Gasteiger partial charge in [-0.1, -0.05) is 6.42 Å². The Hall–Kier alpha value is -0.910. The molecule has 6 heteroatoms. The van der Waals surface area contributed by atoms with Crippen molar-refractivity contribution in [2.45, 2.75) is 56.4 Å². The van der Waals surface area contributed by atoms with Gasteiger partial charge in [-0.3, -0.25) is 4.90 Å². The number of ether oxygens (including phenoxy) is 1. The number of carbonyl (C=O) groups excluding carboxylic acids is 1. The third-order valence-electron chi connectivity index (χ3n) is 3.36. The second-order valence-electron chi connectivity index (χ2n) is 5.88. The summed E-state index contributed by atoms with van der Waals surface area (Å²) in [5, 5.41) is 9.37. The minimum Gasteiger partial charge on any atom is -0.480 e. The average molecular weight is 273 g/mol. The minimum absolute atomic E-state index is 0.275. The summed E-state index contributed by atoms with van der Waals surface area (Å²) < 4.78 is 5.00. The van der Waals surface area contributed by atoms with Crippen molar-refractivity contribution in [2.24, 2.45) is 0 Å². The summed E-state index contributed by atoms with van der Waals surface area (Å²) in [6, 6.07) is -0.744. The average Bonchev–Trinajstić information content (AvgIpc) is 2.53. The van der Waals surface area contributed by atoms with Crippen molar-refractivity contribution in [3.63, 3.8) is 0 Å².